The summed E-state index contributed by atoms with van der Waals surface area (Å²) in [7, 11) is 0. The number of carbonyl (C=O) groups is 4. The lowest BCUT2D eigenvalue weighted by molar-refractivity contribution is -0.171. The lowest BCUT2D eigenvalue weighted by atomic mass is 9.79. The molecule has 0 bridgehead atoms. The highest BCUT2D eigenvalue weighted by molar-refractivity contribution is 6.92. The highest BCUT2D eigenvalue weighted by atomic mass is 31.0. The Morgan fingerprint density at radius 2 is 0.411 bits per heavy atom. The minimum Gasteiger partial charge on any atom is -0.507 e. The Bertz CT molecular complexity index is 2560. The normalized spacial score (nSPS) is 12.8. The van der Waals surface area contributed by atoms with Crippen molar-refractivity contribution < 1.29 is 77.5 Å². The number of phenolic OH excluding ortho intramolecular Hbond substituents is 4. The van der Waals surface area contributed by atoms with Gasteiger partial charge in [0.25, 0.3) is 0 Å². The van der Waals surface area contributed by atoms with Gasteiger partial charge in [0.2, 0.25) is 0 Å². The van der Waals surface area contributed by atoms with E-state index in [1.165, 1.54) is 0 Å². The van der Waals surface area contributed by atoms with Crippen LogP contribution in [0.1, 0.15) is 236 Å². The van der Waals surface area contributed by atoms with Crippen LogP contribution in [0.5, 0.6) is 46.0 Å². The molecule has 0 aliphatic rings. The van der Waals surface area contributed by atoms with Crippen LogP contribution in [0.4, 0.5) is 0 Å². The highest BCUT2D eigenvalue weighted by Crippen LogP contribution is 2.46. The van der Waals surface area contributed by atoms with Crippen LogP contribution in [0.15, 0.2) is 48.5 Å². The number of benzene rings is 4. The Morgan fingerprint density at radius 3 is 0.533 bits per heavy atom. The lowest BCUT2D eigenvalue weighted by Crippen LogP contribution is -2.44. The van der Waals surface area contributed by atoms with Gasteiger partial charge in [0.1, 0.15) is 77.8 Å². The molecule has 4 aromatic rings. The number of hydrogen-bond donors (Lipinski definition) is 4. The second kappa shape index (κ2) is 29.9. The van der Waals surface area contributed by atoms with Crippen LogP contribution in [0.25, 0.3) is 0 Å². The van der Waals surface area contributed by atoms with Crippen molar-refractivity contribution in [2.24, 2.45) is 5.41 Å². The van der Waals surface area contributed by atoms with Gasteiger partial charge in [-0.3, -0.25) is 19.2 Å². The maximum atomic E-state index is 13.8. The van der Waals surface area contributed by atoms with Gasteiger partial charge in [-0.25, -0.2) is 0 Å². The fourth-order valence-electron chi connectivity index (χ4n) is 9.82. The minimum atomic E-state index is -1.68. The van der Waals surface area contributed by atoms with Crippen molar-refractivity contribution in [1.82, 2.24) is 0 Å². The van der Waals surface area contributed by atoms with Gasteiger partial charge >= 0.3 is 23.9 Å². The number of rotatable bonds is 24. The highest BCUT2D eigenvalue weighted by Gasteiger charge is 2.39. The van der Waals surface area contributed by atoms with E-state index in [0.29, 0.717) is 67.5 Å². The molecule has 4 aromatic carbocycles. The zero-order valence-electron chi connectivity index (χ0n) is 59.0. The summed E-state index contributed by atoms with van der Waals surface area (Å²) in [5.41, 5.74) is 0.220. The molecule has 1 atom stereocenters. The molecular weight excluding hydrogens is 1160 g/mol. The van der Waals surface area contributed by atoms with E-state index in [4.69, 9.17) is 37.9 Å². The third kappa shape index (κ3) is 22.5. The first-order chi connectivity index (χ1) is 40.4. The van der Waals surface area contributed by atoms with E-state index < -0.39 is 99.0 Å². The average Bonchev–Trinajstić information content (AvgIpc) is 0.861. The first-order valence-corrected chi connectivity index (χ1v) is 31.1. The van der Waals surface area contributed by atoms with Crippen molar-refractivity contribution in [2.45, 2.75) is 235 Å². The summed E-state index contributed by atoms with van der Waals surface area (Å²) in [6.45, 7) is 44.9. The standard InChI is InChI=1S/C73H108O16.H3P/c1-65(2,3)49-33-45(34-50(61(49)78)66(4,5)6)82-29-25-57(74)86-41-73(42-87-58(75)26-30-83-46-35-51(67(7,8)9)62(79)52(36-46)68(10,11)12,43-88-59(76)27-31-84-47-37-53(69(13,14)15)63(80)54(38-47)70(16,17)18)44-89-60(77)28-32-85-48-39-55(71(19,20)21)64(81)56(40-48)72(22,23)24;/h33-40,78-81H,25-32,41-44H2,1-24H3;1H3. The molecule has 4 N–H and O–H groups in total. The van der Waals surface area contributed by atoms with Crippen molar-refractivity contribution in [3.8, 4) is 46.0 Å². The first kappa shape index (κ1) is 77.8. The quantitative estimate of drug-likeness (QED) is 0.0291. The summed E-state index contributed by atoms with van der Waals surface area (Å²) in [6.07, 6.45) is -1.00. The molecule has 17 heteroatoms. The van der Waals surface area contributed by atoms with Gasteiger partial charge in [0.15, 0.2) is 0 Å². The predicted molar refractivity (Wildman–Crippen MR) is 360 cm³/mol. The Kier molecular flexibility index (Phi) is 25.9. The van der Waals surface area contributed by atoms with E-state index in [1.54, 1.807) is 48.5 Å². The summed E-state index contributed by atoms with van der Waals surface area (Å²) in [6, 6.07) is 14.0. The molecule has 0 aliphatic carbocycles. The van der Waals surface area contributed by atoms with Gasteiger partial charge in [-0.05, 0) is 91.9 Å². The Morgan fingerprint density at radius 1 is 0.278 bits per heavy atom. The van der Waals surface area contributed by atoms with E-state index in [9.17, 15) is 39.6 Å². The molecule has 0 saturated heterocycles. The SMILES string of the molecule is CC(C)(C)c1cc(OCCC(=O)OCC(COC(=O)CCOc2cc(C(C)(C)C)c(O)c(C(C)(C)C)c2)(COC(=O)CCOc2cc(C(C)(C)C)c(O)c(C(C)(C)C)c2)COC(=O)CCOc2cc(C(C)(C)C)c(O)c(C(C)(C)C)c2)cc(C(C)(C)C)c1O.P. The van der Waals surface area contributed by atoms with Crippen LogP contribution >= 0.6 is 9.90 Å². The van der Waals surface area contributed by atoms with Gasteiger partial charge in [0, 0.05) is 44.5 Å². The average molecular weight is 1280 g/mol. The largest absolute Gasteiger partial charge is 0.507 e. The molecule has 90 heavy (non-hydrogen) atoms. The Balaban J connectivity index is 0.0000212. The van der Waals surface area contributed by atoms with E-state index in [0.717, 1.165) is 0 Å². The Hall–Kier alpha value is -6.41. The predicted octanol–water partition coefficient (Wildman–Crippen LogP) is 15.3. The molecule has 0 aromatic heterocycles. The second-order valence-corrected chi connectivity index (χ2v) is 32.0. The van der Waals surface area contributed by atoms with E-state index >= 15 is 0 Å². The number of carbonyl (C=O) groups excluding carboxylic acids is 4. The summed E-state index contributed by atoms with van der Waals surface area (Å²) in [4.78, 5) is 55.4. The molecule has 0 radical (unpaired) electrons. The molecule has 0 fully saturated rings. The van der Waals surface area contributed by atoms with Crippen molar-refractivity contribution in [3.05, 3.63) is 93.0 Å². The maximum Gasteiger partial charge on any atom is 0.309 e. The van der Waals surface area contributed by atoms with Gasteiger partial charge < -0.3 is 58.3 Å². The van der Waals surface area contributed by atoms with Crippen LogP contribution in [-0.2, 0) is 81.4 Å². The van der Waals surface area contributed by atoms with Gasteiger partial charge in [-0.1, -0.05) is 166 Å². The van der Waals surface area contributed by atoms with Crippen LogP contribution in [0.2, 0.25) is 0 Å². The van der Waals surface area contributed by atoms with E-state index in [2.05, 4.69) is 0 Å². The van der Waals surface area contributed by atoms with Gasteiger partial charge in [0.05, 0.1) is 52.1 Å². The number of ether oxygens (including phenoxy) is 8. The molecule has 4 rings (SSSR count). The second-order valence-electron chi connectivity index (χ2n) is 32.0. The van der Waals surface area contributed by atoms with Crippen LogP contribution < -0.4 is 18.9 Å². The third-order valence-corrected chi connectivity index (χ3v) is 15.3. The number of hydrogen-bond acceptors (Lipinski definition) is 16. The van der Waals surface area contributed by atoms with E-state index in [-0.39, 0.29) is 85.0 Å². The molecule has 0 amide bonds. The smallest absolute Gasteiger partial charge is 0.309 e. The zero-order chi connectivity index (χ0) is 67.8. The van der Waals surface area contributed by atoms with Gasteiger partial charge in [-0.15, -0.1) is 0 Å². The summed E-state index contributed by atoms with van der Waals surface area (Å²) in [5, 5.41) is 45.2. The topological polar surface area (TPSA) is 223 Å². The van der Waals surface area contributed by atoms with Crippen LogP contribution in [0, 0.1) is 5.41 Å². The van der Waals surface area contributed by atoms with Gasteiger partial charge in [-0.2, -0.15) is 9.90 Å². The van der Waals surface area contributed by atoms with Crippen molar-refractivity contribution in [2.75, 3.05) is 52.9 Å². The number of aromatic hydroxyl groups is 4. The molecule has 1 unspecified atom stereocenters. The monoisotopic (exact) mass is 1270 g/mol. The summed E-state index contributed by atoms with van der Waals surface area (Å²) >= 11 is 0. The molecule has 16 nitrogen and oxygen atoms in total. The van der Waals surface area contributed by atoms with E-state index in [1.807, 2.05) is 166 Å². The zero-order valence-corrected chi connectivity index (χ0v) is 60.4. The van der Waals surface area contributed by atoms with Crippen molar-refractivity contribution in [3.63, 3.8) is 0 Å². The molecule has 0 saturated carbocycles. The fourth-order valence-corrected chi connectivity index (χ4v) is 9.82. The molecule has 0 aliphatic heterocycles. The van der Waals surface area contributed by atoms with Crippen molar-refractivity contribution >= 4 is 33.8 Å². The molecule has 0 heterocycles. The third-order valence-electron chi connectivity index (χ3n) is 15.3. The first-order valence-electron chi connectivity index (χ1n) is 31.1. The summed E-state index contributed by atoms with van der Waals surface area (Å²) < 4.78 is 48.3. The van der Waals surface area contributed by atoms with Crippen LogP contribution in [0.3, 0.4) is 0 Å². The summed E-state index contributed by atoms with van der Waals surface area (Å²) in [5.74, 6) is -0.432. The maximum absolute atomic E-state index is 13.8. The minimum absolute atomic E-state index is 0. The lowest BCUT2D eigenvalue weighted by Gasteiger charge is -2.31. The molecule has 504 valence electrons. The van der Waals surface area contributed by atoms with Crippen molar-refractivity contribution in [1.29, 1.82) is 0 Å². The fraction of sp³-hybridized carbons (Fsp3) is 0.616. The molecule has 0 spiro atoms. The number of esters is 4. The number of phenols is 4. The Labute approximate surface area is 541 Å². The van der Waals surface area contributed by atoms with Crippen LogP contribution in [-0.4, -0.2) is 97.2 Å². The molecular formula is C73H111O16P.